The van der Waals surface area contributed by atoms with E-state index in [-0.39, 0.29) is 11.8 Å². The van der Waals surface area contributed by atoms with Crippen molar-refractivity contribution in [3.8, 4) is 0 Å². The molecule has 3 rings (SSSR count). The molecule has 0 saturated carbocycles. The van der Waals surface area contributed by atoms with E-state index in [0.29, 0.717) is 27.9 Å². The van der Waals surface area contributed by atoms with Crippen molar-refractivity contribution in [2.24, 2.45) is 0 Å². The van der Waals surface area contributed by atoms with Crippen molar-refractivity contribution in [2.75, 3.05) is 18.0 Å². The molecule has 4 nitrogen and oxygen atoms in total. The molecular formula is C17H16N2O2S2. The molecule has 0 N–H and O–H groups in total. The number of nitrogens with zero attached hydrogens (tertiary/aromatic N) is 2. The fourth-order valence-corrected chi connectivity index (χ4v) is 4.16. The number of para-hydroxylation sites is 1. The summed E-state index contributed by atoms with van der Waals surface area (Å²) in [5, 5.41) is 0. The SMILES string of the molecule is C=CCN1C(=O)C(=C2SC(=S)N(CCC)C2=O)c2ccccc21. The van der Waals surface area contributed by atoms with Gasteiger partial charge in [-0.1, -0.05) is 55.2 Å². The molecule has 2 aliphatic rings. The van der Waals surface area contributed by atoms with Crippen LogP contribution >= 0.6 is 24.0 Å². The molecule has 1 saturated heterocycles. The fourth-order valence-electron chi connectivity index (χ4n) is 2.78. The van der Waals surface area contributed by atoms with Gasteiger partial charge in [0.1, 0.15) is 4.32 Å². The van der Waals surface area contributed by atoms with Gasteiger partial charge in [-0.05, 0) is 12.5 Å². The Bertz CT molecular complexity index is 755. The topological polar surface area (TPSA) is 40.6 Å². The van der Waals surface area contributed by atoms with Crippen LogP contribution in [0.15, 0.2) is 41.8 Å². The lowest BCUT2D eigenvalue weighted by Gasteiger charge is -2.14. The lowest BCUT2D eigenvalue weighted by molar-refractivity contribution is -0.122. The van der Waals surface area contributed by atoms with Crippen molar-refractivity contribution in [2.45, 2.75) is 13.3 Å². The highest BCUT2D eigenvalue weighted by atomic mass is 32.2. The molecule has 0 aliphatic carbocycles. The van der Waals surface area contributed by atoms with Crippen molar-refractivity contribution < 1.29 is 9.59 Å². The Morgan fingerprint density at radius 1 is 1.22 bits per heavy atom. The van der Waals surface area contributed by atoms with Gasteiger partial charge in [0.2, 0.25) is 0 Å². The van der Waals surface area contributed by atoms with Gasteiger partial charge in [0.05, 0.1) is 16.2 Å². The minimum atomic E-state index is -0.166. The van der Waals surface area contributed by atoms with E-state index in [1.165, 1.54) is 11.8 Å². The number of hydrogen-bond donors (Lipinski definition) is 0. The number of fused-ring (bicyclic) bond motifs is 1. The zero-order valence-electron chi connectivity index (χ0n) is 12.7. The second-order valence-electron chi connectivity index (χ2n) is 5.25. The Labute approximate surface area is 144 Å². The molecule has 6 heteroatoms. The highest BCUT2D eigenvalue weighted by molar-refractivity contribution is 8.26. The molecular weight excluding hydrogens is 328 g/mol. The molecule has 0 radical (unpaired) electrons. The Kier molecular flexibility index (Phi) is 4.37. The van der Waals surface area contributed by atoms with Crippen molar-refractivity contribution in [3.63, 3.8) is 0 Å². The van der Waals surface area contributed by atoms with Crippen LogP contribution < -0.4 is 4.90 Å². The molecule has 23 heavy (non-hydrogen) atoms. The number of rotatable bonds is 4. The standard InChI is InChI=1S/C17H16N2O2S2/c1-3-9-18-12-8-6-5-7-11(12)13(15(18)20)14-16(21)19(10-4-2)17(22)23-14/h3,5-8H,1,4,9-10H2,2H3. The maximum atomic E-state index is 12.8. The van der Waals surface area contributed by atoms with Crippen LogP contribution in [0.4, 0.5) is 5.69 Å². The summed E-state index contributed by atoms with van der Waals surface area (Å²) in [6.07, 6.45) is 2.50. The smallest absolute Gasteiger partial charge is 0.267 e. The molecule has 2 heterocycles. The first-order chi connectivity index (χ1) is 11.1. The van der Waals surface area contributed by atoms with Crippen LogP contribution in [-0.4, -0.2) is 34.1 Å². The van der Waals surface area contributed by atoms with Crippen molar-refractivity contribution in [1.82, 2.24) is 4.90 Å². The fraction of sp³-hybridized carbons (Fsp3) is 0.235. The van der Waals surface area contributed by atoms with E-state index in [1.54, 1.807) is 15.9 Å². The van der Waals surface area contributed by atoms with E-state index >= 15 is 0 Å². The van der Waals surface area contributed by atoms with Gasteiger partial charge in [0.25, 0.3) is 11.8 Å². The van der Waals surface area contributed by atoms with Crippen LogP contribution in [0.5, 0.6) is 0 Å². The van der Waals surface area contributed by atoms with Gasteiger partial charge in [-0.2, -0.15) is 0 Å². The van der Waals surface area contributed by atoms with E-state index in [1.807, 2.05) is 31.2 Å². The molecule has 118 valence electrons. The van der Waals surface area contributed by atoms with E-state index in [0.717, 1.165) is 17.7 Å². The van der Waals surface area contributed by atoms with Crippen LogP contribution in [0.3, 0.4) is 0 Å². The number of carbonyl (C=O) groups excluding carboxylic acids is 2. The van der Waals surface area contributed by atoms with Crippen LogP contribution in [0, 0.1) is 0 Å². The van der Waals surface area contributed by atoms with Gasteiger partial charge < -0.3 is 4.90 Å². The second-order valence-corrected chi connectivity index (χ2v) is 6.89. The average Bonchev–Trinajstić information content (AvgIpc) is 2.97. The molecule has 0 atom stereocenters. The van der Waals surface area contributed by atoms with Gasteiger partial charge in [-0.25, -0.2) is 0 Å². The number of carbonyl (C=O) groups is 2. The zero-order chi connectivity index (χ0) is 16.6. The summed E-state index contributed by atoms with van der Waals surface area (Å²) in [4.78, 5) is 29.2. The third kappa shape index (κ3) is 2.52. The number of amides is 2. The predicted octanol–water partition coefficient (Wildman–Crippen LogP) is 3.20. The van der Waals surface area contributed by atoms with Crippen LogP contribution in [-0.2, 0) is 9.59 Å². The van der Waals surface area contributed by atoms with Gasteiger partial charge >= 0.3 is 0 Å². The number of thiocarbonyl (C=S) groups is 1. The third-order valence-electron chi connectivity index (χ3n) is 3.76. The number of hydrogen-bond acceptors (Lipinski definition) is 4. The summed E-state index contributed by atoms with van der Waals surface area (Å²) < 4.78 is 0.520. The largest absolute Gasteiger partial charge is 0.304 e. The Morgan fingerprint density at radius 2 is 1.96 bits per heavy atom. The molecule has 0 unspecified atom stereocenters. The Morgan fingerprint density at radius 3 is 2.65 bits per heavy atom. The highest BCUT2D eigenvalue weighted by Crippen LogP contribution is 2.44. The van der Waals surface area contributed by atoms with Gasteiger partial charge in [-0.3, -0.25) is 14.5 Å². The first-order valence-electron chi connectivity index (χ1n) is 7.40. The molecule has 2 aliphatic heterocycles. The normalized spacial score (nSPS) is 20.5. The summed E-state index contributed by atoms with van der Waals surface area (Å²) in [5.74, 6) is -0.330. The monoisotopic (exact) mass is 344 g/mol. The minimum absolute atomic E-state index is 0.164. The molecule has 1 aromatic carbocycles. The number of thioether (sulfide) groups is 1. The number of anilines is 1. The quantitative estimate of drug-likeness (QED) is 0.478. The van der Waals surface area contributed by atoms with E-state index < -0.39 is 0 Å². The van der Waals surface area contributed by atoms with Crippen LogP contribution in [0.2, 0.25) is 0 Å². The molecule has 0 bridgehead atoms. The van der Waals surface area contributed by atoms with Gasteiger partial charge in [-0.15, -0.1) is 6.58 Å². The lowest BCUT2D eigenvalue weighted by Crippen LogP contribution is -2.30. The molecule has 0 spiro atoms. The summed E-state index contributed by atoms with van der Waals surface area (Å²) in [6.45, 7) is 6.69. The zero-order valence-corrected chi connectivity index (χ0v) is 14.4. The predicted molar refractivity (Wildman–Crippen MR) is 98.1 cm³/mol. The molecule has 0 aromatic heterocycles. The second kappa shape index (κ2) is 6.29. The Balaban J connectivity index is 2.13. The lowest BCUT2D eigenvalue weighted by atomic mass is 10.1. The summed E-state index contributed by atoms with van der Waals surface area (Å²) in [6, 6.07) is 7.51. The van der Waals surface area contributed by atoms with E-state index in [9.17, 15) is 9.59 Å². The maximum absolute atomic E-state index is 12.8. The summed E-state index contributed by atoms with van der Waals surface area (Å²) in [5.41, 5.74) is 2.06. The summed E-state index contributed by atoms with van der Waals surface area (Å²) in [7, 11) is 0. The van der Waals surface area contributed by atoms with Crippen molar-refractivity contribution >= 4 is 51.4 Å². The summed E-state index contributed by atoms with van der Waals surface area (Å²) >= 11 is 6.53. The maximum Gasteiger partial charge on any atom is 0.267 e. The average molecular weight is 344 g/mol. The van der Waals surface area contributed by atoms with Gasteiger partial charge in [0.15, 0.2) is 0 Å². The molecule has 1 aromatic rings. The van der Waals surface area contributed by atoms with Crippen molar-refractivity contribution in [3.05, 3.63) is 47.4 Å². The molecule has 2 amide bonds. The molecule has 1 fully saturated rings. The van der Waals surface area contributed by atoms with Gasteiger partial charge in [0, 0.05) is 18.7 Å². The van der Waals surface area contributed by atoms with E-state index in [4.69, 9.17) is 12.2 Å². The third-order valence-corrected chi connectivity index (χ3v) is 5.21. The van der Waals surface area contributed by atoms with E-state index in [2.05, 4.69) is 6.58 Å². The van der Waals surface area contributed by atoms with Crippen LogP contribution in [0.25, 0.3) is 5.57 Å². The van der Waals surface area contributed by atoms with Crippen molar-refractivity contribution in [1.29, 1.82) is 0 Å². The Hall–Kier alpha value is -1.92. The first kappa shape index (κ1) is 16.0. The first-order valence-corrected chi connectivity index (χ1v) is 8.62. The number of benzene rings is 1. The highest BCUT2D eigenvalue weighted by Gasteiger charge is 2.41. The minimum Gasteiger partial charge on any atom is -0.304 e. The van der Waals surface area contributed by atoms with Crippen LogP contribution in [0.1, 0.15) is 18.9 Å².